The minimum absolute atomic E-state index is 0.101. The van der Waals surface area contributed by atoms with E-state index in [-0.39, 0.29) is 12.1 Å². The highest BCUT2D eigenvalue weighted by Crippen LogP contribution is 2.14. The topological polar surface area (TPSA) is 50.9 Å². The number of nitrogens with one attached hydrogen (secondary N) is 2. The van der Waals surface area contributed by atoms with E-state index in [1.807, 2.05) is 12.1 Å². The number of nitrogens with zero attached hydrogens (tertiary/aromatic N) is 3. The van der Waals surface area contributed by atoms with Gasteiger partial charge in [-0.1, -0.05) is 12.1 Å². The Balaban J connectivity index is 1.39. The molecule has 150 valence electrons. The van der Waals surface area contributed by atoms with E-state index in [0.29, 0.717) is 6.04 Å². The zero-order valence-corrected chi connectivity index (χ0v) is 17.1. The van der Waals surface area contributed by atoms with Gasteiger partial charge in [0.25, 0.3) is 0 Å². The second kappa shape index (κ2) is 9.53. The number of hydrogen-bond acceptors (Lipinski definition) is 4. The fourth-order valence-electron chi connectivity index (χ4n) is 3.84. The van der Waals surface area contributed by atoms with Crippen LogP contribution in [0.1, 0.15) is 25.8 Å². The van der Waals surface area contributed by atoms with Gasteiger partial charge in [-0.2, -0.15) is 0 Å². The Morgan fingerprint density at radius 3 is 2.44 bits per heavy atom. The summed E-state index contributed by atoms with van der Waals surface area (Å²) in [6.45, 7) is 12.1. The molecule has 3 rings (SSSR count). The van der Waals surface area contributed by atoms with Crippen LogP contribution in [0, 0.1) is 0 Å². The molecule has 6 heteroatoms. The normalized spacial score (nSPS) is 22.3. The third kappa shape index (κ3) is 6.19. The lowest BCUT2D eigenvalue weighted by atomic mass is 10.1. The summed E-state index contributed by atoms with van der Waals surface area (Å²) in [6.07, 6.45) is 2.08. The van der Waals surface area contributed by atoms with E-state index in [1.54, 1.807) is 0 Å². The molecule has 2 aliphatic rings. The highest BCUT2D eigenvalue weighted by Gasteiger charge is 2.25. The number of likely N-dealkylation sites (tertiary alicyclic amines) is 1. The van der Waals surface area contributed by atoms with Gasteiger partial charge in [-0.15, -0.1) is 0 Å². The number of amides is 2. The molecular weight excluding hydrogens is 338 g/mol. The van der Waals surface area contributed by atoms with Crippen LogP contribution in [-0.2, 0) is 6.42 Å². The minimum Gasteiger partial charge on any atom is -0.334 e. The molecule has 0 bridgehead atoms. The molecule has 2 N–H and O–H groups in total. The van der Waals surface area contributed by atoms with E-state index in [1.165, 1.54) is 5.56 Å². The summed E-state index contributed by atoms with van der Waals surface area (Å²) in [5.74, 6) is 0. The SMILES string of the molecule is CC(C)N1CCC(NC(=O)Nc2ccc(CCN3CCN(C)CC3)cc2)C1. The van der Waals surface area contributed by atoms with Crippen LogP contribution < -0.4 is 10.6 Å². The smallest absolute Gasteiger partial charge is 0.319 e. The summed E-state index contributed by atoms with van der Waals surface area (Å²) in [4.78, 5) is 19.6. The third-order valence-corrected chi connectivity index (χ3v) is 5.81. The van der Waals surface area contributed by atoms with Crippen molar-refractivity contribution >= 4 is 11.7 Å². The van der Waals surface area contributed by atoms with Crippen LogP contribution >= 0.6 is 0 Å². The Morgan fingerprint density at radius 2 is 1.81 bits per heavy atom. The molecule has 1 unspecified atom stereocenters. The van der Waals surface area contributed by atoms with Gasteiger partial charge in [-0.05, 0) is 51.4 Å². The Kier molecular flexibility index (Phi) is 7.10. The quantitative estimate of drug-likeness (QED) is 0.802. The highest BCUT2D eigenvalue weighted by atomic mass is 16.2. The summed E-state index contributed by atoms with van der Waals surface area (Å²) in [7, 11) is 2.19. The number of anilines is 1. The summed E-state index contributed by atoms with van der Waals surface area (Å²) in [6, 6.07) is 8.95. The number of rotatable bonds is 6. The monoisotopic (exact) mass is 373 g/mol. The van der Waals surface area contributed by atoms with E-state index in [0.717, 1.165) is 64.3 Å². The number of hydrogen-bond donors (Lipinski definition) is 2. The van der Waals surface area contributed by atoms with Gasteiger partial charge in [-0.3, -0.25) is 4.90 Å². The second-order valence-corrected chi connectivity index (χ2v) is 8.26. The second-order valence-electron chi connectivity index (χ2n) is 8.26. The number of urea groups is 1. The van der Waals surface area contributed by atoms with Crippen LogP contribution in [0.5, 0.6) is 0 Å². The van der Waals surface area contributed by atoms with Crippen molar-refractivity contribution in [3.63, 3.8) is 0 Å². The van der Waals surface area contributed by atoms with Crippen molar-refractivity contribution < 1.29 is 4.79 Å². The third-order valence-electron chi connectivity index (χ3n) is 5.81. The van der Waals surface area contributed by atoms with Gasteiger partial charge in [0.05, 0.1) is 0 Å². The average molecular weight is 374 g/mol. The number of benzene rings is 1. The Bertz CT molecular complexity index is 595. The minimum atomic E-state index is -0.101. The van der Waals surface area contributed by atoms with E-state index in [4.69, 9.17) is 0 Å². The average Bonchev–Trinajstić information content (AvgIpc) is 3.11. The number of carbonyl (C=O) groups excluding carboxylic acids is 1. The fourth-order valence-corrected chi connectivity index (χ4v) is 3.84. The Morgan fingerprint density at radius 1 is 1.11 bits per heavy atom. The molecule has 27 heavy (non-hydrogen) atoms. The van der Waals surface area contributed by atoms with Crippen molar-refractivity contribution in [2.24, 2.45) is 0 Å². The van der Waals surface area contributed by atoms with Crippen molar-refractivity contribution in [3.8, 4) is 0 Å². The lowest BCUT2D eigenvalue weighted by molar-refractivity contribution is 0.155. The van der Waals surface area contributed by atoms with Crippen LogP contribution in [0.4, 0.5) is 10.5 Å². The summed E-state index contributed by atoms with van der Waals surface area (Å²) < 4.78 is 0. The highest BCUT2D eigenvalue weighted by molar-refractivity contribution is 5.89. The molecule has 2 aliphatic heterocycles. The fraction of sp³-hybridized carbons (Fsp3) is 0.667. The zero-order chi connectivity index (χ0) is 19.2. The van der Waals surface area contributed by atoms with Gasteiger partial charge < -0.3 is 20.4 Å². The van der Waals surface area contributed by atoms with E-state index >= 15 is 0 Å². The van der Waals surface area contributed by atoms with Crippen LogP contribution in [0.2, 0.25) is 0 Å². The molecule has 1 atom stereocenters. The molecule has 1 aromatic rings. The molecule has 2 heterocycles. The van der Waals surface area contributed by atoms with Crippen molar-refractivity contribution in [2.75, 3.05) is 58.2 Å². The molecular formula is C21H35N5O. The predicted octanol–water partition coefficient (Wildman–Crippen LogP) is 2.08. The predicted molar refractivity (Wildman–Crippen MR) is 111 cm³/mol. The molecule has 0 aliphatic carbocycles. The lowest BCUT2D eigenvalue weighted by Gasteiger charge is -2.32. The maximum atomic E-state index is 12.2. The molecule has 6 nitrogen and oxygen atoms in total. The first-order valence-corrected chi connectivity index (χ1v) is 10.3. The standard InChI is InChI=1S/C21H35N5O/c1-17(2)26-11-9-20(16-26)23-21(27)22-19-6-4-18(5-7-19)8-10-25-14-12-24(3)13-15-25/h4-7,17,20H,8-16H2,1-3H3,(H2,22,23,27). The molecule has 0 spiro atoms. The van der Waals surface area contributed by atoms with Crippen molar-refractivity contribution in [1.82, 2.24) is 20.0 Å². The van der Waals surface area contributed by atoms with Gasteiger partial charge in [-0.25, -0.2) is 4.79 Å². The molecule has 2 saturated heterocycles. The van der Waals surface area contributed by atoms with Gasteiger partial charge in [0.2, 0.25) is 0 Å². The lowest BCUT2D eigenvalue weighted by Crippen LogP contribution is -2.45. The number of carbonyl (C=O) groups is 1. The zero-order valence-electron chi connectivity index (χ0n) is 17.1. The largest absolute Gasteiger partial charge is 0.334 e. The summed E-state index contributed by atoms with van der Waals surface area (Å²) >= 11 is 0. The van der Waals surface area contributed by atoms with Crippen molar-refractivity contribution in [2.45, 2.75) is 38.8 Å². The number of piperazine rings is 1. The summed E-state index contributed by atoms with van der Waals surface area (Å²) in [5.41, 5.74) is 2.18. The Hall–Kier alpha value is -1.63. The molecule has 0 aromatic heterocycles. The molecule has 2 amide bonds. The van der Waals surface area contributed by atoms with E-state index in [9.17, 15) is 4.79 Å². The van der Waals surface area contributed by atoms with Gasteiger partial charge >= 0.3 is 6.03 Å². The van der Waals surface area contributed by atoms with Crippen LogP contribution in [-0.4, -0.2) is 85.7 Å². The molecule has 1 aromatic carbocycles. The summed E-state index contributed by atoms with van der Waals surface area (Å²) in [5, 5.41) is 6.06. The van der Waals surface area contributed by atoms with Crippen LogP contribution in [0.15, 0.2) is 24.3 Å². The van der Waals surface area contributed by atoms with Crippen LogP contribution in [0.25, 0.3) is 0 Å². The van der Waals surface area contributed by atoms with Crippen LogP contribution in [0.3, 0.4) is 0 Å². The first-order valence-electron chi connectivity index (χ1n) is 10.3. The van der Waals surface area contributed by atoms with Gasteiger partial charge in [0.1, 0.15) is 0 Å². The van der Waals surface area contributed by atoms with Crippen molar-refractivity contribution in [3.05, 3.63) is 29.8 Å². The maximum Gasteiger partial charge on any atom is 0.319 e. The molecule has 0 saturated carbocycles. The van der Waals surface area contributed by atoms with Gasteiger partial charge in [0, 0.05) is 63.6 Å². The Labute approximate surface area is 163 Å². The number of likely N-dealkylation sites (N-methyl/N-ethyl adjacent to an activating group) is 1. The maximum absolute atomic E-state index is 12.2. The first kappa shape index (κ1) is 20.1. The molecule has 2 fully saturated rings. The molecule has 0 radical (unpaired) electrons. The van der Waals surface area contributed by atoms with Crippen molar-refractivity contribution in [1.29, 1.82) is 0 Å². The van der Waals surface area contributed by atoms with E-state index < -0.39 is 0 Å². The van der Waals surface area contributed by atoms with Gasteiger partial charge in [0.15, 0.2) is 0 Å². The first-order chi connectivity index (χ1) is 13.0. The van der Waals surface area contributed by atoms with E-state index in [2.05, 4.69) is 58.4 Å².